The monoisotopic (exact) mass is 383 g/mol. The summed E-state index contributed by atoms with van der Waals surface area (Å²) in [4.78, 5) is 14.7. The second-order valence-corrected chi connectivity index (χ2v) is 7.35. The van der Waals surface area contributed by atoms with Crippen molar-refractivity contribution in [1.29, 1.82) is 0 Å². The highest BCUT2D eigenvalue weighted by Crippen LogP contribution is 2.27. The van der Waals surface area contributed by atoms with E-state index in [1.165, 1.54) is 0 Å². The molecule has 2 aromatic rings. The van der Waals surface area contributed by atoms with Gasteiger partial charge in [-0.15, -0.1) is 0 Å². The average Bonchev–Trinajstić information content (AvgIpc) is 2.73. The van der Waals surface area contributed by atoms with Crippen molar-refractivity contribution in [2.24, 2.45) is 0 Å². The smallest absolute Gasteiger partial charge is 0.319 e. The maximum absolute atomic E-state index is 12.5. The standard InChI is InChI=1S/C22H29N3O3/c1-25(2)22(10-12-28-13-11-22)16-23-21(26)24-19-8-4-6-17(14-19)18-7-5-9-20(15-18)27-3/h4-9,14-15H,10-13,16H2,1-3H3,(H2,23,24,26). The third kappa shape index (κ3) is 4.82. The average molecular weight is 383 g/mol. The molecule has 6 heteroatoms. The summed E-state index contributed by atoms with van der Waals surface area (Å²) in [6.45, 7) is 2.04. The number of methoxy groups -OCH3 is 1. The highest BCUT2D eigenvalue weighted by molar-refractivity contribution is 5.90. The van der Waals surface area contributed by atoms with E-state index in [1.54, 1.807) is 7.11 Å². The van der Waals surface area contributed by atoms with E-state index in [1.807, 2.05) is 48.5 Å². The number of hydrogen-bond donors (Lipinski definition) is 2. The van der Waals surface area contributed by atoms with Crippen LogP contribution in [0.2, 0.25) is 0 Å². The van der Waals surface area contributed by atoms with Gasteiger partial charge in [-0.2, -0.15) is 0 Å². The molecule has 150 valence electrons. The molecule has 0 radical (unpaired) electrons. The van der Waals surface area contributed by atoms with Gasteiger partial charge in [0.15, 0.2) is 0 Å². The SMILES string of the molecule is COc1cccc(-c2cccc(NC(=O)NCC3(N(C)C)CCOCC3)c2)c1. The van der Waals surface area contributed by atoms with Crippen molar-refractivity contribution >= 4 is 11.7 Å². The van der Waals surface area contributed by atoms with E-state index < -0.39 is 0 Å². The molecule has 1 saturated heterocycles. The summed E-state index contributed by atoms with van der Waals surface area (Å²) in [6.07, 6.45) is 1.82. The summed E-state index contributed by atoms with van der Waals surface area (Å²) in [7, 11) is 5.77. The first-order valence-electron chi connectivity index (χ1n) is 9.57. The van der Waals surface area contributed by atoms with Crippen LogP contribution in [-0.2, 0) is 4.74 Å². The predicted molar refractivity (Wildman–Crippen MR) is 112 cm³/mol. The molecule has 28 heavy (non-hydrogen) atoms. The van der Waals surface area contributed by atoms with Crippen LogP contribution >= 0.6 is 0 Å². The molecule has 0 unspecified atom stereocenters. The molecule has 0 atom stereocenters. The van der Waals surface area contributed by atoms with Gasteiger partial charge in [-0.05, 0) is 62.3 Å². The molecular formula is C22H29N3O3. The Morgan fingerprint density at radius 2 is 1.79 bits per heavy atom. The zero-order chi connectivity index (χ0) is 20.0. The van der Waals surface area contributed by atoms with Gasteiger partial charge in [0, 0.05) is 31.0 Å². The number of likely N-dealkylation sites (N-methyl/N-ethyl adjacent to an activating group) is 1. The van der Waals surface area contributed by atoms with E-state index in [4.69, 9.17) is 9.47 Å². The minimum Gasteiger partial charge on any atom is -0.497 e. The lowest BCUT2D eigenvalue weighted by Gasteiger charge is -2.42. The maximum atomic E-state index is 12.5. The Kier molecular flexibility index (Phi) is 6.54. The minimum absolute atomic E-state index is 0.0575. The molecule has 1 fully saturated rings. The first kappa shape index (κ1) is 20.2. The molecule has 2 amide bonds. The summed E-state index contributed by atoms with van der Waals surface area (Å²) in [5, 5.41) is 5.98. The van der Waals surface area contributed by atoms with Crippen molar-refractivity contribution in [2.45, 2.75) is 18.4 Å². The minimum atomic E-state index is -0.199. The van der Waals surface area contributed by atoms with Crippen LogP contribution in [-0.4, -0.2) is 57.4 Å². The molecule has 6 nitrogen and oxygen atoms in total. The normalized spacial score (nSPS) is 15.9. The number of amides is 2. The van der Waals surface area contributed by atoms with Crippen molar-refractivity contribution in [2.75, 3.05) is 46.3 Å². The lowest BCUT2D eigenvalue weighted by molar-refractivity contribution is -0.00553. The predicted octanol–water partition coefficient (Wildman–Crippen LogP) is 3.59. The molecule has 1 aliphatic rings. The Balaban J connectivity index is 1.64. The van der Waals surface area contributed by atoms with Crippen LogP contribution in [0, 0.1) is 0 Å². The summed E-state index contributed by atoms with van der Waals surface area (Å²) in [5.74, 6) is 0.805. The number of urea groups is 1. The Labute approximate surface area is 166 Å². The molecular weight excluding hydrogens is 354 g/mol. The van der Waals surface area contributed by atoms with Crippen molar-refractivity contribution in [3.8, 4) is 16.9 Å². The fraction of sp³-hybridized carbons (Fsp3) is 0.409. The molecule has 3 rings (SSSR count). The molecule has 0 spiro atoms. The highest BCUT2D eigenvalue weighted by Gasteiger charge is 2.35. The second kappa shape index (κ2) is 9.08. The van der Waals surface area contributed by atoms with Gasteiger partial charge in [0.25, 0.3) is 0 Å². The van der Waals surface area contributed by atoms with E-state index in [0.717, 1.165) is 48.6 Å². The number of nitrogens with zero attached hydrogens (tertiary/aromatic N) is 1. The quantitative estimate of drug-likeness (QED) is 0.800. The Bertz CT molecular complexity index is 801. The maximum Gasteiger partial charge on any atom is 0.319 e. The van der Waals surface area contributed by atoms with E-state index >= 15 is 0 Å². The van der Waals surface area contributed by atoms with Gasteiger partial charge in [0.1, 0.15) is 5.75 Å². The van der Waals surface area contributed by atoms with Crippen LogP contribution in [0.5, 0.6) is 5.75 Å². The fourth-order valence-electron chi connectivity index (χ4n) is 3.53. The van der Waals surface area contributed by atoms with Crippen LogP contribution in [0.3, 0.4) is 0 Å². The van der Waals surface area contributed by atoms with Crippen molar-refractivity contribution in [3.63, 3.8) is 0 Å². The zero-order valence-corrected chi connectivity index (χ0v) is 16.8. The molecule has 0 aliphatic carbocycles. The van der Waals surface area contributed by atoms with Crippen LogP contribution in [0.15, 0.2) is 48.5 Å². The van der Waals surface area contributed by atoms with Gasteiger partial charge in [0.2, 0.25) is 0 Å². The first-order chi connectivity index (χ1) is 13.5. The summed E-state index contributed by atoms with van der Waals surface area (Å²) in [6, 6.07) is 15.5. The summed E-state index contributed by atoms with van der Waals surface area (Å²) < 4.78 is 10.8. The summed E-state index contributed by atoms with van der Waals surface area (Å²) in [5.41, 5.74) is 2.75. The third-order valence-electron chi connectivity index (χ3n) is 5.47. The van der Waals surface area contributed by atoms with Crippen LogP contribution in [0.4, 0.5) is 10.5 Å². The van der Waals surface area contributed by atoms with Crippen molar-refractivity contribution in [1.82, 2.24) is 10.2 Å². The Morgan fingerprint density at radius 1 is 1.11 bits per heavy atom. The number of nitrogens with one attached hydrogen (secondary N) is 2. The number of benzene rings is 2. The molecule has 1 aliphatic heterocycles. The number of anilines is 1. The number of ether oxygens (including phenoxy) is 2. The first-order valence-corrected chi connectivity index (χ1v) is 9.57. The molecule has 0 saturated carbocycles. The molecule has 2 N–H and O–H groups in total. The van der Waals surface area contributed by atoms with Gasteiger partial charge in [-0.1, -0.05) is 24.3 Å². The number of hydrogen-bond acceptors (Lipinski definition) is 4. The van der Waals surface area contributed by atoms with Crippen LogP contribution < -0.4 is 15.4 Å². The summed E-state index contributed by atoms with van der Waals surface area (Å²) >= 11 is 0. The lowest BCUT2D eigenvalue weighted by atomic mass is 9.88. The van der Waals surface area contributed by atoms with Gasteiger partial charge in [0.05, 0.1) is 7.11 Å². The Morgan fingerprint density at radius 3 is 2.46 bits per heavy atom. The number of carbonyl (C=O) groups is 1. The number of carbonyl (C=O) groups excluding carboxylic acids is 1. The fourth-order valence-corrected chi connectivity index (χ4v) is 3.53. The third-order valence-corrected chi connectivity index (χ3v) is 5.47. The zero-order valence-electron chi connectivity index (χ0n) is 16.8. The second-order valence-electron chi connectivity index (χ2n) is 7.35. The van der Waals surface area contributed by atoms with Crippen LogP contribution in [0.25, 0.3) is 11.1 Å². The topological polar surface area (TPSA) is 62.8 Å². The van der Waals surface area contributed by atoms with Crippen LogP contribution in [0.1, 0.15) is 12.8 Å². The van der Waals surface area contributed by atoms with E-state index in [9.17, 15) is 4.79 Å². The van der Waals surface area contributed by atoms with Crippen molar-refractivity contribution in [3.05, 3.63) is 48.5 Å². The van der Waals surface area contributed by atoms with Crippen molar-refractivity contribution < 1.29 is 14.3 Å². The van der Waals surface area contributed by atoms with Gasteiger partial charge < -0.3 is 25.0 Å². The van der Waals surface area contributed by atoms with Gasteiger partial charge in [-0.25, -0.2) is 4.79 Å². The van der Waals surface area contributed by atoms with Gasteiger partial charge in [-0.3, -0.25) is 0 Å². The molecule has 0 aromatic heterocycles. The molecule has 0 bridgehead atoms. The lowest BCUT2D eigenvalue weighted by Crippen LogP contribution is -2.56. The van der Waals surface area contributed by atoms with Gasteiger partial charge >= 0.3 is 6.03 Å². The Hall–Kier alpha value is -2.57. The van der Waals surface area contributed by atoms with E-state index in [-0.39, 0.29) is 11.6 Å². The largest absolute Gasteiger partial charge is 0.497 e. The van der Waals surface area contributed by atoms with E-state index in [0.29, 0.717) is 6.54 Å². The molecule has 1 heterocycles. The number of rotatable bonds is 6. The highest BCUT2D eigenvalue weighted by atomic mass is 16.5. The van der Waals surface area contributed by atoms with E-state index in [2.05, 4.69) is 29.6 Å². The molecule has 2 aromatic carbocycles.